The maximum Gasteiger partial charge on any atom is 0.286 e. The maximum atomic E-state index is 13.6. The number of nitrogens with one attached hydrogen (secondary N) is 2. The summed E-state index contributed by atoms with van der Waals surface area (Å²) >= 11 is 4.07. The zero-order valence-corrected chi connectivity index (χ0v) is 17.0. The second-order valence-electron chi connectivity index (χ2n) is 5.36. The van der Waals surface area contributed by atoms with Gasteiger partial charge in [-0.15, -0.1) is 10.2 Å². The number of hydrogen-bond donors (Lipinski definition) is 2. The smallest absolute Gasteiger partial charge is 0.286 e. The molecule has 0 saturated heterocycles. The van der Waals surface area contributed by atoms with Crippen molar-refractivity contribution in [3.63, 3.8) is 0 Å². The summed E-state index contributed by atoms with van der Waals surface area (Å²) in [7, 11) is -3.76. The van der Waals surface area contributed by atoms with E-state index in [1.54, 1.807) is 12.1 Å². The summed E-state index contributed by atoms with van der Waals surface area (Å²) in [4.78, 5) is 12.2. The van der Waals surface area contributed by atoms with E-state index in [-0.39, 0.29) is 27.1 Å². The molecule has 0 atom stereocenters. The summed E-state index contributed by atoms with van der Waals surface area (Å²) in [6.07, 6.45) is 0. The van der Waals surface area contributed by atoms with E-state index in [0.717, 1.165) is 27.9 Å². The number of hydrogen-bond acceptors (Lipinski definition) is 6. The third-order valence-corrected chi connectivity index (χ3v) is 6.25. The molecule has 0 fully saturated rings. The molecule has 1 heterocycles. The van der Waals surface area contributed by atoms with E-state index in [1.165, 1.54) is 12.1 Å². The average molecular weight is 489 g/mol. The van der Waals surface area contributed by atoms with Crippen molar-refractivity contribution in [2.24, 2.45) is 0 Å². The third-order valence-electron chi connectivity index (χ3n) is 3.38. The van der Waals surface area contributed by atoms with Gasteiger partial charge in [0.05, 0.1) is 17.1 Å². The van der Waals surface area contributed by atoms with Gasteiger partial charge in [0.2, 0.25) is 15.0 Å². The Balaban J connectivity index is 1.65. The van der Waals surface area contributed by atoms with E-state index in [2.05, 4.69) is 36.2 Å². The van der Waals surface area contributed by atoms with E-state index >= 15 is 0 Å². The third kappa shape index (κ3) is 4.95. The van der Waals surface area contributed by atoms with Gasteiger partial charge in [-0.05, 0) is 36.4 Å². The molecule has 0 aliphatic heterocycles. The first-order valence-electron chi connectivity index (χ1n) is 7.58. The van der Waals surface area contributed by atoms with Crippen molar-refractivity contribution >= 4 is 48.9 Å². The lowest BCUT2D eigenvalue weighted by molar-refractivity contribution is 0.102. The van der Waals surface area contributed by atoms with Crippen LogP contribution in [0.1, 0.15) is 14.8 Å². The normalized spacial score (nSPS) is 11.4. The van der Waals surface area contributed by atoms with Gasteiger partial charge in [0.15, 0.2) is 0 Å². The lowest BCUT2D eigenvalue weighted by Crippen LogP contribution is -2.23. The van der Waals surface area contributed by atoms with E-state index in [9.17, 15) is 22.0 Å². The standard InChI is InChI=1S/C16H11BrF2N4O3S2/c17-9-1-4-11(5-2-9)28(25,26)20-8-14-22-23-16(27-14)15(24)21-13-6-3-10(18)7-12(13)19/h1-7,20H,8H2,(H,21,24). The van der Waals surface area contributed by atoms with Crippen LogP contribution in [-0.2, 0) is 16.6 Å². The first-order chi connectivity index (χ1) is 13.2. The molecule has 2 aromatic carbocycles. The van der Waals surface area contributed by atoms with Crippen LogP contribution in [-0.4, -0.2) is 24.5 Å². The Morgan fingerprint density at radius 1 is 1.11 bits per heavy atom. The number of nitrogens with zero attached hydrogens (tertiary/aromatic N) is 2. The molecule has 0 unspecified atom stereocenters. The van der Waals surface area contributed by atoms with Crippen molar-refractivity contribution in [3.05, 3.63) is 68.6 Å². The topological polar surface area (TPSA) is 101 Å². The molecule has 146 valence electrons. The Morgan fingerprint density at radius 3 is 2.50 bits per heavy atom. The quantitative estimate of drug-likeness (QED) is 0.554. The van der Waals surface area contributed by atoms with Gasteiger partial charge >= 0.3 is 0 Å². The first kappa shape index (κ1) is 20.5. The second kappa shape index (κ2) is 8.39. The van der Waals surface area contributed by atoms with Crippen LogP contribution in [0.25, 0.3) is 0 Å². The summed E-state index contributed by atoms with van der Waals surface area (Å²) < 4.78 is 54.1. The van der Waals surface area contributed by atoms with Crippen LogP contribution in [0.2, 0.25) is 0 Å². The van der Waals surface area contributed by atoms with Gasteiger partial charge in [0, 0.05) is 10.5 Å². The zero-order valence-electron chi connectivity index (χ0n) is 13.8. The molecule has 28 heavy (non-hydrogen) atoms. The molecule has 0 aliphatic carbocycles. The predicted octanol–water partition coefficient (Wildman–Crippen LogP) is 3.31. The molecular weight excluding hydrogens is 478 g/mol. The Bertz CT molecular complexity index is 1120. The molecule has 3 rings (SSSR count). The van der Waals surface area contributed by atoms with Crippen molar-refractivity contribution in [2.45, 2.75) is 11.4 Å². The summed E-state index contributed by atoms with van der Waals surface area (Å²) in [5, 5.41) is 9.81. The number of anilines is 1. The number of carbonyl (C=O) groups is 1. The van der Waals surface area contributed by atoms with Crippen LogP contribution in [0.5, 0.6) is 0 Å². The van der Waals surface area contributed by atoms with Crippen LogP contribution in [0.4, 0.5) is 14.5 Å². The summed E-state index contributed by atoms with van der Waals surface area (Å²) in [6.45, 7) is -0.172. The van der Waals surface area contributed by atoms with Gasteiger partial charge in [0.25, 0.3) is 5.91 Å². The van der Waals surface area contributed by atoms with Crippen molar-refractivity contribution in [3.8, 4) is 0 Å². The van der Waals surface area contributed by atoms with Crippen LogP contribution in [0, 0.1) is 11.6 Å². The molecule has 0 aliphatic rings. The highest BCUT2D eigenvalue weighted by molar-refractivity contribution is 9.10. The Morgan fingerprint density at radius 2 is 1.82 bits per heavy atom. The predicted molar refractivity (Wildman–Crippen MR) is 102 cm³/mol. The van der Waals surface area contributed by atoms with Gasteiger partial charge in [-0.25, -0.2) is 21.9 Å². The summed E-state index contributed by atoms with van der Waals surface area (Å²) in [6, 6.07) is 8.77. The lowest BCUT2D eigenvalue weighted by Gasteiger charge is -2.05. The fourth-order valence-corrected chi connectivity index (χ4v) is 4.06. The molecule has 3 aromatic rings. The van der Waals surface area contributed by atoms with Crippen LogP contribution < -0.4 is 10.0 Å². The van der Waals surface area contributed by atoms with Crippen LogP contribution >= 0.6 is 27.3 Å². The van der Waals surface area contributed by atoms with E-state index in [4.69, 9.17) is 0 Å². The zero-order chi connectivity index (χ0) is 20.3. The minimum atomic E-state index is -3.76. The highest BCUT2D eigenvalue weighted by Crippen LogP contribution is 2.18. The maximum absolute atomic E-state index is 13.6. The highest BCUT2D eigenvalue weighted by Gasteiger charge is 2.18. The SMILES string of the molecule is O=C(Nc1ccc(F)cc1F)c1nnc(CNS(=O)(=O)c2ccc(Br)cc2)s1. The molecule has 0 spiro atoms. The van der Waals surface area contributed by atoms with Gasteiger partial charge in [0.1, 0.15) is 16.6 Å². The molecule has 0 bridgehead atoms. The number of rotatable bonds is 6. The number of benzene rings is 2. The van der Waals surface area contributed by atoms with Crippen LogP contribution in [0.15, 0.2) is 51.8 Å². The number of sulfonamides is 1. The highest BCUT2D eigenvalue weighted by atomic mass is 79.9. The molecule has 1 aromatic heterocycles. The van der Waals surface area contributed by atoms with E-state index in [0.29, 0.717) is 6.07 Å². The fraction of sp³-hybridized carbons (Fsp3) is 0.0625. The minimum absolute atomic E-state index is 0.0740. The Kier molecular flexibility index (Phi) is 6.13. The van der Waals surface area contributed by atoms with Crippen molar-refractivity contribution < 1.29 is 22.0 Å². The molecule has 0 radical (unpaired) electrons. The largest absolute Gasteiger partial charge is 0.317 e. The van der Waals surface area contributed by atoms with E-state index in [1.807, 2.05) is 0 Å². The van der Waals surface area contributed by atoms with E-state index < -0.39 is 27.6 Å². The molecule has 7 nitrogen and oxygen atoms in total. The van der Waals surface area contributed by atoms with Crippen molar-refractivity contribution in [1.82, 2.24) is 14.9 Å². The van der Waals surface area contributed by atoms with Gasteiger partial charge in [-0.2, -0.15) is 0 Å². The van der Waals surface area contributed by atoms with Crippen LogP contribution in [0.3, 0.4) is 0 Å². The van der Waals surface area contributed by atoms with Crippen molar-refractivity contribution in [2.75, 3.05) is 5.32 Å². The molecule has 2 N–H and O–H groups in total. The summed E-state index contributed by atoms with van der Waals surface area (Å²) in [5.74, 6) is -2.45. The van der Waals surface area contributed by atoms with Crippen molar-refractivity contribution in [1.29, 1.82) is 0 Å². The fourth-order valence-electron chi connectivity index (χ4n) is 2.04. The van der Waals surface area contributed by atoms with Gasteiger partial charge < -0.3 is 5.32 Å². The lowest BCUT2D eigenvalue weighted by atomic mass is 10.3. The molecule has 0 saturated carbocycles. The number of carbonyl (C=O) groups excluding carboxylic acids is 1. The Labute approximate surface area is 171 Å². The number of aromatic nitrogens is 2. The summed E-state index contributed by atoms with van der Waals surface area (Å²) in [5.41, 5.74) is -0.209. The first-order valence-corrected chi connectivity index (χ1v) is 10.7. The Hall–Kier alpha value is -2.28. The minimum Gasteiger partial charge on any atom is -0.317 e. The number of halogens is 3. The average Bonchev–Trinajstić information content (AvgIpc) is 3.12. The van der Waals surface area contributed by atoms with Gasteiger partial charge in [-0.3, -0.25) is 4.79 Å². The molecule has 1 amide bonds. The molecule has 12 heteroatoms. The second-order valence-corrected chi connectivity index (χ2v) is 9.10. The van der Waals surface area contributed by atoms with Gasteiger partial charge in [-0.1, -0.05) is 27.3 Å². The molecular formula is C16H11BrF2N4O3S2. The monoisotopic (exact) mass is 488 g/mol. The number of amides is 1.